The van der Waals surface area contributed by atoms with Gasteiger partial charge in [0.1, 0.15) is 0 Å². The summed E-state index contributed by atoms with van der Waals surface area (Å²) in [6.45, 7) is 13.6. The maximum absolute atomic E-state index is 6.26. The van der Waals surface area contributed by atoms with Gasteiger partial charge < -0.3 is 5.73 Å². The molecule has 0 aliphatic heterocycles. The third-order valence-electron chi connectivity index (χ3n) is 5.18. The lowest BCUT2D eigenvalue weighted by molar-refractivity contribution is 0.00645. The fourth-order valence-electron chi connectivity index (χ4n) is 4.23. The van der Waals surface area contributed by atoms with Gasteiger partial charge in [0.2, 0.25) is 0 Å². The van der Waals surface area contributed by atoms with Crippen LogP contribution in [0.4, 0.5) is 0 Å². The highest BCUT2D eigenvalue weighted by molar-refractivity contribution is 4.98. The molecule has 3 unspecified atom stereocenters. The van der Waals surface area contributed by atoms with Crippen LogP contribution in [0.5, 0.6) is 0 Å². The Morgan fingerprint density at radius 3 is 2.42 bits per heavy atom. The molecule has 0 aromatic heterocycles. The first-order valence-electron chi connectivity index (χ1n) is 8.45. The maximum atomic E-state index is 6.26. The van der Waals surface area contributed by atoms with Crippen LogP contribution < -0.4 is 5.73 Å². The largest absolute Gasteiger partial charge is 0.329 e. The lowest BCUT2D eigenvalue weighted by Gasteiger charge is -2.50. The summed E-state index contributed by atoms with van der Waals surface area (Å²) in [6, 6.07) is 0.659. The molecule has 0 saturated heterocycles. The van der Waals surface area contributed by atoms with Crippen molar-refractivity contribution in [2.24, 2.45) is 17.6 Å². The van der Waals surface area contributed by atoms with Crippen LogP contribution in [-0.4, -0.2) is 29.6 Å². The van der Waals surface area contributed by atoms with Gasteiger partial charge in [0.05, 0.1) is 0 Å². The molecule has 0 amide bonds. The molecule has 1 fully saturated rings. The summed E-state index contributed by atoms with van der Waals surface area (Å²) in [5, 5.41) is 0. The summed E-state index contributed by atoms with van der Waals surface area (Å²) in [6.07, 6.45) is 8.00. The standard InChI is InChI=1S/C17H36N2/c1-6-15(5)19(7-2)17(13-18)10-8-9-16(12-17)11-14(3)4/h14-16H,6-13,18H2,1-5H3. The van der Waals surface area contributed by atoms with Gasteiger partial charge >= 0.3 is 0 Å². The molecule has 2 heteroatoms. The number of rotatable bonds is 7. The average Bonchev–Trinajstić information content (AvgIpc) is 2.38. The van der Waals surface area contributed by atoms with Crippen molar-refractivity contribution in [3.8, 4) is 0 Å². The van der Waals surface area contributed by atoms with Crippen LogP contribution in [0.3, 0.4) is 0 Å². The molecule has 1 rings (SSSR count). The van der Waals surface area contributed by atoms with E-state index in [4.69, 9.17) is 5.73 Å². The predicted molar refractivity (Wildman–Crippen MR) is 85.3 cm³/mol. The van der Waals surface area contributed by atoms with E-state index in [9.17, 15) is 0 Å². The predicted octanol–water partition coefficient (Wildman–Crippen LogP) is 4.04. The molecule has 3 atom stereocenters. The van der Waals surface area contributed by atoms with E-state index in [0.717, 1.165) is 24.9 Å². The monoisotopic (exact) mass is 268 g/mol. The third kappa shape index (κ3) is 4.19. The normalized spacial score (nSPS) is 30.0. The first-order valence-corrected chi connectivity index (χ1v) is 8.45. The van der Waals surface area contributed by atoms with E-state index in [1.165, 1.54) is 38.5 Å². The molecule has 0 bridgehead atoms. The molecular weight excluding hydrogens is 232 g/mol. The van der Waals surface area contributed by atoms with E-state index in [1.807, 2.05) is 0 Å². The third-order valence-corrected chi connectivity index (χ3v) is 5.18. The second-order valence-electron chi connectivity index (χ2n) is 7.06. The van der Waals surface area contributed by atoms with Crippen molar-refractivity contribution < 1.29 is 0 Å². The van der Waals surface area contributed by atoms with Crippen molar-refractivity contribution in [2.75, 3.05) is 13.1 Å². The van der Waals surface area contributed by atoms with Crippen LogP contribution >= 0.6 is 0 Å². The fourth-order valence-corrected chi connectivity index (χ4v) is 4.23. The number of hydrogen-bond donors (Lipinski definition) is 1. The summed E-state index contributed by atoms with van der Waals surface area (Å²) in [7, 11) is 0. The van der Waals surface area contributed by atoms with E-state index in [2.05, 4.69) is 39.5 Å². The molecule has 0 radical (unpaired) electrons. The van der Waals surface area contributed by atoms with Gasteiger partial charge in [0.25, 0.3) is 0 Å². The van der Waals surface area contributed by atoms with E-state index in [1.54, 1.807) is 0 Å². The second kappa shape index (κ2) is 7.64. The Bertz CT molecular complexity index is 252. The molecule has 2 nitrogen and oxygen atoms in total. The van der Waals surface area contributed by atoms with Crippen molar-refractivity contribution in [1.82, 2.24) is 4.90 Å². The number of nitrogens with two attached hydrogens (primary N) is 1. The van der Waals surface area contributed by atoms with Gasteiger partial charge in [-0.05, 0) is 51.0 Å². The highest BCUT2D eigenvalue weighted by Gasteiger charge is 2.40. The molecular formula is C17H36N2. The van der Waals surface area contributed by atoms with Gasteiger partial charge in [-0.25, -0.2) is 0 Å². The zero-order valence-corrected chi connectivity index (χ0v) is 13.9. The van der Waals surface area contributed by atoms with Gasteiger partial charge in [-0.3, -0.25) is 4.90 Å². The summed E-state index contributed by atoms with van der Waals surface area (Å²) >= 11 is 0. The van der Waals surface area contributed by atoms with Gasteiger partial charge in [0.15, 0.2) is 0 Å². The quantitative estimate of drug-likeness (QED) is 0.755. The van der Waals surface area contributed by atoms with Crippen molar-refractivity contribution in [3.05, 3.63) is 0 Å². The number of likely N-dealkylation sites (N-methyl/N-ethyl adjacent to an activating group) is 1. The topological polar surface area (TPSA) is 29.3 Å². The van der Waals surface area contributed by atoms with Crippen LogP contribution in [0.15, 0.2) is 0 Å². The molecule has 19 heavy (non-hydrogen) atoms. The minimum Gasteiger partial charge on any atom is -0.329 e. The highest BCUT2D eigenvalue weighted by atomic mass is 15.2. The van der Waals surface area contributed by atoms with Crippen LogP contribution in [0.25, 0.3) is 0 Å². The molecule has 1 saturated carbocycles. The lowest BCUT2D eigenvalue weighted by atomic mass is 9.71. The number of hydrogen-bond acceptors (Lipinski definition) is 2. The van der Waals surface area contributed by atoms with Crippen molar-refractivity contribution in [1.29, 1.82) is 0 Å². The van der Waals surface area contributed by atoms with Gasteiger partial charge in [0, 0.05) is 18.1 Å². The zero-order chi connectivity index (χ0) is 14.5. The maximum Gasteiger partial charge on any atom is 0.0337 e. The Labute approximate surface area is 121 Å². The Hall–Kier alpha value is -0.0800. The summed E-state index contributed by atoms with van der Waals surface area (Å²) in [5.74, 6) is 1.70. The minimum absolute atomic E-state index is 0.280. The Balaban J connectivity index is 2.82. The van der Waals surface area contributed by atoms with Crippen molar-refractivity contribution in [3.63, 3.8) is 0 Å². The molecule has 1 aliphatic rings. The summed E-state index contributed by atoms with van der Waals surface area (Å²) < 4.78 is 0. The Kier molecular flexibility index (Phi) is 6.82. The van der Waals surface area contributed by atoms with Gasteiger partial charge in [-0.1, -0.05) is 40.5 Å². The first kappa shape index (κ1) is 17.0. The van der Waals surface area contributed by atoms with Gasteiger partial charge in [-0.15, -0.1) is 0 Å². The van der Waals surface area contributed by atoms with Crippen LogP contribution in [0.1, 0.15) is 73.1 Å². The van der Waals surface area contributed by atoms with E-state index in [-0.39, 0.29) is 5.54 Å². The van der Waals surface area contributed by atoms with Crippen LogP contribution in [0.2, 0.25) is 0 Å². The molecule has 2 N–H and O–H groups in total. The molecule has 0 aromatic carbocycles. The first-order chi connectivity index (χ1) is 8.99. The minimum atomic E-state index is 0.280. The Morgan fingerprint density at radius 1 is 1.26 bits per heavy atom. The number of nitrogens with zero attached hydrogens (tertiary/aromatic N) is 1. The summed E-state index contributed by atoms with van der Waals surface area (Å²) in [4.78, 5) is 2.71. The highest BCUT2D eigenvalue weighted by Crippen LogP contribution is 2.40. The summed E-state index contributed by atoms with van der Waals surface area (Å²) in [5.41, 5.74) is 6.54. The van der Waals surface area contributed by atoms with Crippen molar-refractivity contribution in [2.45, 2.75) is 84.7 Å². The van der Waals surface area contributed by atoms with Crippen molar-refractivity contribution >= 4 is 0 Å². The Morgan fingerprint density at radius 2 is 1.95 bits per heavy atom. The molecule has 0 spiro atoms. The second-order valence-corrected chi connectivity index (χ2v) is 7.06. The zero-order valence-electron chi connectivity index (χ0n) is 13.9. The lowest BCUT2D eigenvalue weighted by Crippen LogP contribution is -2.59. The fraction of sp³-hybridized carbons (Fsp3) is 1.00. The van der Waals surface area contributed by atoms with Crippen LogP contribution in [0, 0.1) is 11.8 Å². The smallest absolute Gasteiger partial charge is 0.0337 e. The molecule has 0 aromatic rings. The molecule has 114 valence electrons. The van der Waals surface area contributed by atoms with E-state index in [0.29, 0.717) is 6.04 Å². The molecule has 1 aliphatic carbocycles. The molecule has 0 heterocycles. The van der Waals surface area contributed by atoms with E-state index < -0.39 is 0 Å². The van der Waals surface area contributed by atoms with Crippen LogP contribution in [-0.2, 0) is 0 Å². The SMILES string of the molecule is CCC(C)N(CC)C1(CN)CCCC(CC(C)C)C1. The van der Waals surface area contributed by atoms with Gasteiger partial charge in [-0.2, -0.15) is 0 Å². The average molecular weight is 268 g/mol. The van der Waals surface area contributed by atoms with E-state index >= 15 is 0 Å².